The number of amides is 2. The van der Waals surface area contributed by atoms with Gasteiger partial charge in [-0.25, -0.2) is 0 Å². The Balaban J connectivity index is 1.72. The zero-order valence-electron chi connectivity index (χ0n) is 15.1. The number of carbonyl (C=O) groups excluding carboxylic acids is 2. The number of hydrogen-bond donors (Lipinski definition) is 1. The van der Waals surface area contributed by atoms with Crippen LogP contribution in [-0.2, 0) is 16.1 Å². The summed E-state index contributed by atoms with van der Waals surface area (Å²) in [5.41, 5.74) is 0.985. The molecule has 26 heavy (non-hydrogen) atoms. The summed E-state index contributed by atoms with van der Waals surface area (Å²) >= 11 is 0. The van der Waals surface area contributed by atoms with Crippen molar-refractivity contribution in [2.75, 3.05) is 26.8 Å². The fraction of sp³-hybridized carbons (Fsp3) is 0.300. The van der Waals surface area contributed by atoms with Gasteiger partial charge in [-0.05, 0) is 29.8 Å². The molecule has 0 bridgehead atoms. The third-order valence-corrected chi connectivity index (χ3v) is 3.75. The topological polar surface area (TPSA) is 67.9 Å². The quantitative estimate of drug-likeness (QED) is 0.700. The van der Waals surface area contributed by atoms with E-state index in [0.29, 0.717) is 25.4 Å². The Hall–Kier alpha value is -3.02. The van der Waals surface area contributed by atoms with Gasteiger partial charge in [0.05, 0.1) is 20.2 Å². The number of methoxy groups -OCH3 is 1. The second-order valence-electron chi connectivity index (χ2n) is 5.73. The zero-order chi connectivity index (χ0) is 18.8. The number of rotatable bonds is 9. The molecule has 0 saturated heterocycles. The minimum atomic E-state index is -0.213. The summed E-state index contributed by atoms with van der Waals surface area (Å²) in [7, 11) is 1.60. The van der Waals surface area contributed by atoms with Gasteiger partial charge in [-0.2, -0.15) is 0 Å². The van der Waals surface area contributed by atoms with Crippen molar-refractivity contribution in [2.45, 2.75) is 13.5 Å². The van der Waals surface area contributed by atoms with E-state index in [1.807, 2.05) is 42.5 Å². The monoisotopic (exact) mass is 356 g/mol. The predicted octanol–water partition coefficient (Wildman–Crippen LogP) is 2.24. The van der Waals surface area contributed by atoms with E-state index in [2.05, 4.69) is 5.32 Å². The summed E-state index contributed by atoms with van der Waals surface area (Å²) in [5, 5.41) is 2.76. The fourth-order valence-electron chi connectivity index (χ4n) is 2.34. The third-order valence-electron chi connectivity index (χ3n) is 3.75. The molecule has 0 aliphatic rings. The summed E-state index contributed by atoms with van der Waals surface area (Å²) in [6, 6.07) is 16.8. The first-order valence-corrected chi connectivity index (χ1v) is 8.41. The molecule has 2 aromatic carbocycles. The maximum Gasteiger partial charge on any atom is 0.239 e. The lowest BCUT2D eigenvalue weighted by atomic mass is 10.2. The molecular formula is C20H24N2O4. The number of benzene rings is 2. The first-order chi connectivity index (χ1) is 12.6. The molecule has 0 spiro atoms. The molecule has 0 aliphatic carbocycles. The van der Waals surface area contributed by atoms with E-state index in [1.165, 1.54) is 11.8 Å². The molecule has 2 aromatic rings. The van der Waals surface area contributed by atoms with E-state index in [4.69, 9.17) is 9.47 Å². The van der Waals surface area contributed by atoms with E-state index >= 15 is 0 Å². The maximum absolute atomic E-state index is 12.1. The highest BCUT2D eigenvalue weighted by Gasteiger charge is 2.13. The number of nitrogens with one attached hydrogen (secondary N) is 1. The Kier molecular flexibility index (Phi) is 7.49. The van der Waals surface area contributed by atoms with Gasteiger partial charge in [-0.1, -0.05) is 30.3 Å². The van der Waals surface area contributed by atoms with Crippen LogP contribution in [0.2, 0.25) is 0 Å². The van der Waals surface area contributed by atoms with Crippen LogP contribution >= 0.6 is 0 Å². The van der Waals surface area contributed by atoms with Crippen molar-refractivity contribution in [1.29, 1.82) is 0 Å². The van der Waals surface area contributed by atoms with Crippen LogP contribution in [0.1, 0.15) is 12.5 Å². The van der Waals surface area contributed by atoms with Gasteiger partial charge in [0, 0.05) is 13.5 Å². The van der Waals surface area contributed by atoms with Crippen LogP contribution in [0.3, 0.4) is 0 Å². The summed E-state index contributed by atoms with van der Waals surface area (Å²) in [6.07, 6.45) is 0. The molecule has 0 fully saturated rings. The minimum Gasteiger partial charge on any atom is -0.497 e. The molecule has 2 rings (SSSR count). The van der Waals surface area contributed by atoms with Crippen LogP contribution in [-0.4, -0.2) is 43.5 Å². The Labute approximate surface area is 153 Å². The number of nitrogens with zero attached hydrogens (tertiary/aromatic N) is 1. The number of carbonyl (C=O) groups is 2. The van der Waals surface area contributed by atoms with Crippen LogP contribution in [0.25, 0.3) is 0 Å². The minimum absolute atomic E-state index is 0.0206. The number of hydrogen-bond acceptors (Lipinski definition) is 4. The van der Waals surface area contributed by atoms with Crippen molar-refractivity contribution < 1.29 is 19.1 Å². The molecule has 138 valence electrons. The summed E-state index contributed by atoms with van der Waals surface area (Å²) in [4.78, 5) is 25.3. The van der Waals surface area contributed by atoms with Gasteiger partial charge in [-0.3, -0.25) is 9.59 Å². The van der Waals surface area contributed by atoms with Gasteiger partial charge in [0.15, 0.2) is 0 Å². The molecule has 0 aromatic heterocycles. The van der Waals surface area contributed by atoms with Gasteiger partial charge < -0.3 is 19.7 Å². The van der Waals surface area contributed by atoms with E-state index in [0.717, 1.165) is 11.3 Å². The second kappa shape index (κ2) is 10.1. The SMILES string of the molecule is COc1ccc(OCCNC(=O)CN(Cc2ccccc2)C(C)=O)cc1. The normalized spacial score (nSPS) is 10.1. The van der Waals surface area contributed by atoms with Crippen molar-refractivity contribution in [3.05, 3.63) is 60.2 Å². The molecule has 1 N–H and O–H groups in total. The summed E-state index contributed by atoms with van der Waals surface area (Å²) in [5.74, 6) is 1.11. The highest BCUT2D eigenvalue weighted by molar-refractivity contribution is 5.83. The average molecular weight is 356 g/mol. The Bertz CT molecular complexity index is 702. The first-order valence-electron chi connectivity index (χ1n) is 8.41. The van der Waals surface area contributed by atoms with Gasteiger partial charge in [0.1, 0.15) is 18.1 Å². The Morgan fingerprint density at radius 3 is 2.27 bits per heavy atom. The van der Waals surface area contributed by atoms with Crippen LogP contribution in [0.5, 0.6) is 11.5 Å². The predicted molar refractivity (Wildman–Crippen MR) is 99.0 cm³/mol. The van der Waals surface area contributed by atoms with Gasteiger partial charge in [0.25, 0.3) is 0 Å². The van der Waals surface area contributed by atoms with Crippen molar-refractivity contribution in [2.24, 2.45) is 0 Å². The molecule has 0 heterocycles. The third kappa shape index (κ3) is 6.47. The van der Waals surface area contributed by atoms with Crippen LogP contribution in [0, 0.1) is 0 Å². The van der Waals surface area contributed by atoms with Gasteiger partial charge >= 0.3 is 0 Å². The van der Waals surface area contributed by atoms with Gasteiger partial charge in [-0.15, -0.1) is 0 Å². The Morgan fingerprint density at radius 2 is 1.65 bits per heavy atom. The zero-order valence-corrected chi connectivity index (χ0v) is 15.1. The lowest BCUT2D eigenvalue weighted by molar-refractivity contribution is -0.134. The molecule has 2 amide bonds. The molecule has 0 radical (unpaired) electrons. The molecular weight excluding hydrogens is 332 g/mol. The van der Waals surface area contributed by atoms with E-state index in [9.17, 15) is 9.59 Å². The smallest absolute Gasteiger partial charge is 0.239 e. The van der Waals surface area contributed by atoms with Gasteiger partial charge in [0.2, 0.25) is 11.8 Å². The molecule has 0 unspecified atom stereocenters. The lowest BCUT2D eigenvalue weighted by Gasteiger charge is -2.20. The molecule has 6 heteroatoms. The van der Waals surface area contributed by atoms with Crippen LogP contribution < -0.4 is 14.8 Å². The Morgan fingerprint density at radius 1 is 1.00 bits per heavy atom. The van der Waals surface area contributed by atoms with Crippen LogP contribution in [0.15, 0.2) is 54.6 Å². The van der Waals surface area contributed by atoms with Crippen molar-refractivity contribution in [3.8, 4) is 11.5 Å². The van der Waals surface area contributed by atoms with Crippen molar-refractivity contribution in [1.82, 2.24) is 10.2 Å². The van der Waals surface area contributed by atoms with Crippen molar-refractivity contribution in [3.63, 3.8) is 0 Å². The summed E-state index contributed by atoms with van der Waals surface area (Å²) < 4.78 is 10.6. The summed E-state index contributed by atoms with van der Waals surface area (Å²) in [6.45, 7) is 2.60. The average Bonchev–Trinajstić information content (AvgIpc) is 2.66. The largest absolute Gasteiger partial charge is 0.497 e. The second-order valence-corrected chi connectivity index (χ2v) is 5.73. The number of ether oxygens (including phenoxy) is 2. The highest BCUT2D eigenvalue weighted by atomic mass is 16.5. The van der Waals surface area contributed by atoms with Crippen LogP contribution in [0.4, 0.5) is 0 Å². The lowest BCUT2D eigenvalue weighted by Crippen LogP contribution is -2.40. The van der Waals surface area contributed by atoms with E-state index in [-0.39, 0.29) is 18.4 Å². The standard InChI is InChI=1S/C20H24N2O4/c1-16(23)22(14-17-6-4-3-5-7-17)15-20(24)21-12-13-26-19-10-8-18(25-2)9-11-19/h3-11H,12-15H2,1-2H3,(H,21,24). The molecule has 0 saturated carbocycles. The molecule has 6 nitrogen and oxygen atoms in total. The maximum atomic E-state index is 12.1. The van der Waals surface area contributed by atoms with Crippen molar-refractivity contribution >= 4 is 11.8 Å². The first kappa shape index (κ1) is 19.3. The van der Waals surface area contributed by atoms with E-state index in [1.54, 1.807) is 19.2 Å². The molecule has 0 aliphatic heterocycles. The fourth-order valence-corrected chi connectivity index (χ4v) is 2.34. The highest BCUT2D eigenvalue weighted by Crippen LogP contribution is 2.16. The van der Waals surface area contributed by atoms with E-state index < -0.39 is 0 Å². The molecule has 0 atom stereocenters.